The topological polar surface area (TPSA) is 112 Å². The number of esters is 2. The maximum absolute atomic E-state index is 12.7. The standard InChI is InChI=1S/C49H94NO8P/c1-5-7-9-11-13-15-17-19-21-22-23-24-25-26-28-30-32-34-36-38-40-42-49(52)58-47(46-57-59(53,54)56-44-43-50(3)4)45-55-48(51)41-39-37-35-33-31-29-27-20-18-16-14-12-10-8-6-2/h14,16,20,27,47H,5-13,15,17-19,21-26,28-46H2,1-4H3,(H,53,54)/b16-14-,27-20-. The van der Waals surface area contributed by atoms with Gasteiger partial charge in [0, 0.05) is 19.4 Å². The average Bonchev–Trinajstić information content (AvgIpc) is 3.20. The molecule has 0 rings (SSSR count). The number of ether oxygens (including phenoxy) is 2. The maximum Gasteiger partial charge on any atom is 0.472 e. The van der Waals surface area contributed by atoms with Crippen LogP contribution in [0.3, 0.4) is 0 Å². The minimum absolute atomic E-state index is 0.00719. The Morgan fingerprint density at radius 3 is 1.37 bits per heavy atom. The van der Waals surface area contributed by atoms with E-state index in [0.717, 1.165) is 57.8 Å². The molecule has 0 aliphatic rings. The largest absolute Gasteiger partial charge is 0.472 e. The van der Waals surface area contributed by atoms with E-state index in [0.29, 0.717) is 13.0 Å². The number of phosphoric ester groups is 1. The number of unbranched alkanes of at least 4 members (excludes halogenated alkanes) is 28. The molecule has 9 nitrogen and oxygen atoms in total. The first-order valence-corrected chi connectivity index (χ1v) is 26.1. The first-order chi connectivity index (χ1) is 28.7. The highest BCUT2D eigenvalue weighted by Crippen LogP contribution is 2.43. The lowest BCUT2D eigenvalue weighted by Gasteiger charge is -2.20. The van der Waals surface area contributed by atoms with Crippen molar-refractivity contribution in [1.82, 2.24) is 4.90 Å². The summed E-state index contributed by atoms with van der Waals surface area (Å²) in [6, 6.07) is 0. The number of allylic oxidation sites excluding steroid dienone is 4. The molecule has 0 spiro atoms. The van der Waals surface area contributed by atoms with E-state index in [1.165, 1.54) is 141 Å². The van der Waals surface area contributed by atoms with Crippen molar-refractivity contribution in [3.63, 3.8) is 0 Å². The summed E-state index contributed by atoms with van der Waals surface area (Å²) in [5.41, 5.74) is 0. The molecule has 59 heavy (non-hydrogen) atoms. The predicted molar refractivity (Wildman–Crippen MR) is 248 cm³/mol. The smallest absolute Gasteiger partial charge is 0.462 e. The van der Waals surface area contributed by atoms with Crippen molar-refractivity contribution in [2.45, 2.75) is 238 Å². The van der Waals surface area contributed by atoms with Crippen LogP contribution < -0.4 is 0 Å². The van der Waals surface area contributed by atoms with Gasteiger partial charge in [-0.05, 0) is 59.0 Å². The SMILES string of the molecule is CCCCC/C=C\C/C=C\CCCCCCCC(=O)OCC(COP(=O)(O)OCCN(C)C)OC(=O)CCCCCCCCCCCCCCCCCCCCCCC. The molecule has 2 atom stereocenters. The van der Waals surface area contributed by atoms with Crippen molar-refractivity contribution in [3.8, 4) is 0 Å². The Labute approximate surface area is 364 Å². The van der Waals surface area contributed by atoms with Crippen molar-refractivity contribution in [1.29, 1.82) is 0 Å². The van der Waals surface area contributed by atoms with Crippen molar-refractivity contribution in [2.24, 2.45) is 0 Å². The van der Waals surface area contributed by atoms with Crippen LogP contribution >= 0.6 is 7.82 Å². The molecule has 0 heterocycles. The van der Waals surface area contributed by atoms with E-state index in [1.54, 1.807) is 0 Å². The van der Waals surface area contributed by atoms with Gasteiger partial charge in [0.25, 0.3) is 0 Å². The van der Waals surface area contributed by atoms with Gasteiger partial charge < -0.3 is 19.3 Å². The zero-order valence-corrected chi connectivity index (χ0v) is 39.9. The van der Waals surface area contributed by atoms with Gasteiger partial charge in [0.15, 0.2) is 6.10 Å². The van der Waals surface area contributed by atoms with Gasteiger partial charge in [-0.3, -0.25) is 18.6 Å². The molecule has 0 aromatic carbocycles. The Morgan fingerprint density at radius 1 is 0.525 bits per heavy atom. The monoisotopic (exact) mass is 856 g/mol. The number of carbonyl (C=O) groups excluding carboxylic acids is 2. The van der Waals surface area contributed by atoms with Crippen molar-refractivity contribution >= 4 is 19.8 Å². The van der Waals surface area contributed by atoms with Gasteiger partial charge in [-0.1, -0.05) is 199 Å². The van der Waals surface area contributed by atoms with E-state index in [4.69, 9.17) is 18.5 Å². The summed E-state index contributed by atoms with van der Waals surface area (Å²) in [5.74, 6) is -0.807. The molecule has 0 aliphatic carbocycles. The first kappa shape index (κ1) is 57.5. The molecule has 0 aromatic rings. The Kier molecular flexibility index (Phi) is 43.4. The number of hydrogen-bond acceptors (Lipinski definition) is 8. The summed E-state index contributed by atoms with van der Waals surface area (Å²) in [4.78, 5) is 37.1. The highest BCUT2D eigenvalue weighted by molar-refractivity contribution is 7.47. The number of likely N-dealkylation sites (N-methyl/N-ethyl adjacent to an activating group) is 1. The molecule has 0 radical (unpaired) electrons. The zero-order valence-electron chi connectivity index (χ0n) is 39.0. The van der Waals surface area contributed by atoms with E-state index in [9.17, 15) is 19.0 Å². The average molecular weight is 856 g/mol. The summed E-state index contributed by atoms with van der Waals surface area (Å²) in [7, 11) is -0.711. The minimum Gasteiger partial charge on any atom is -0.462 e. The lowest BCUT2D eigenvalue weighted by molar-refractivity contribution is -0.161. The van der Waals surface area contributed by atoms with Crippen LogP contribution in [-0.4, -0.2) is 68.3 Å². The third-order valence-corrected chi connectivity index (χ3v) is 11.7. The quantitative estimate of drug-likeness (QED) is 0.0277. The molecule has 0 saturated carbocycles. The van der Waals surface area contributed by atoms with Crippen molar-refractivity contribution < 1.29 is 37.6 Å². The van der Waals surface area contributed by atoms with Gasteiger partial charge in [0.05, 0.1) is 13.2 Å². The third-order valence-electron chi connectivity index (χ3n) is 10.8. The van der Waals surface area contributed by atoms with Crippen LogP contribution in [0.5, 0.6) is 0 Å². The number of carbonyl (C=O) groups is 2. The molecule has 348 valence electrons. The molecule has 2 unspecified atom stereocenters. The Bertz CT molecular complexity index is 1040. The van der Waals surface area contributed by atoms with E-state index in [2.05, 4.69) is 38.2 Å². The summed E-state index contributed by atoms with van der Waals surface area (Å²) in [5, 5.41) is 0. The van der Waals surface area contributed by atoms with Gasteiger partial charge in [-0.2, -0.15) is 0 Å². The van der Waals surface area contributed by atoms with E-state index in [-0.39, 0.29) is 32.0 Å². The molecule has 0 fully saturated rings. The Hall–Kier alpha value is -1.51. The fourth-order valence-corrected chi connectivity index (χ4v) is 7.70. The minimum atomic E-state index is -4.36. The van der Waals surface area contributed by atoms with Crippen molar-refractivity contribution in [2.75, 3.05) is 40.5 Å². The molecule has 10 heteroatoms. The molecular formula is C49H94NO8P. The van der Waals surface area contributed by atoms with E-state index < -0.39 is 26.5 Å². The maximum atomic E-state index is 12.7. The second-order valence-corrected chi connectivity index (χ2v) is 18.5. The predicted octanol–water partition coefficient (Wildman–Crippen LogP) is 14.6. The third kappa shape index (κ3) is 45.8. The van der Waals surface area contributed by atoms with Crippen LogP contribution in [0.1, 0.15) is 232 Å². The molecule has 0 aliphatic heterocycles. The number of rotatable bonds is 46. The fourth-order valence-electron chi connectivity index (χ4n) is 6.95. The van der Waals surface area contributed by atoms with Gasteiger partial charge in [-0.25, -0.2) is 4.57 Å². The summed E-state index contributed by atoms with van der Waals surface area (Å²) in [6.07, 6.45) is 48.0. The highest BCUT2D eigenvalue weighted by atomic mass is 31.2. The first-order valence-electron chi connectivity index (χ1n) is 24.6. The molecule has 0 aromatic heterocycles. The van der Waals surface area contributed by atoms with Gasteiger partial charge in [0.2, 0.25) is 0 Å². The van der Waals surface area contributed by atoms with E-state index in [1.807, 2.05) is 19.0 Å². The van der Waals surface area contributed by atoms with Crippen LogP contribution in [0.2, 0.25) is 0 Å². The molecule has 0 amide bonds. The lowest BCUT2D eigenvalue weighted by Crippen LogP contribution is -2.29. The second-order valence-electron chi connectivity index (χ2n) is 17.0. The van der Waals surface area contributed by atoms with Crippen LogP contribution in [0.15, 0.2) is 24.3 Å². The summed E-state index contributed by atoms with van der Waals surface area (Å²) < 4.78 is 33.6. The number of nitrogens with zero attached hydrogens (tertiary/aromatic N) is 1. The van der Waals surface area contributed by atoms with Crippen LogP contribution in [0.25, 0.3) is 0 Å². The van der Waals surface area contributed by atoms with Crippen molar-refractivity contribution in [3.05, 3.63) is 24.3 Å². The zero-order chi connectivity index (χ0) is 43.3. The summed E-state index contributed by atoms with van der Waals surface area (Å²) in [6.45, 7) is 4.32. The van der Waals surface area contributed by atoms with Gasteiger partial charge in [0.1, 0.15) is 6.61 Å². The molecule has 0 saturated heterocycles. The van der Waals surface area contributed by atoms with E-state index >= 15 is 0 Å². The lowest BCUT2D eigenvalue weighted by atomic mass is 10.0. The number of hydrogen-bond donors (Lipinski definition) is 1. The number of phosphoric acid groups is 1. The van der Waals surface area contributed by atoms with Crippen LogP contribution in [0, 0.1) is 0 Å². The van der Waals surface area contributed by atoms with Crippen LogP contribution in [0.4, 0.5) is 0 Å². The highest BCUT2D eigenvalue weighted by Gasteiger charge is 2.26. The fraction of sp³-hybridized carbons (Fsp3) is 0.878. The Morgan fingerprint density at radius 2 is 0.915 bits per heavy atom. The van der Waals surface area contributed by atoms with Gasteiger partial charge >= 0.3 is 19.8 Å². The molecular weight excluding hydrogens is 762 g/mol. The molecule has 1 N–H and O–H groups in total. The van der Waals surface area contributed by atoms with Crippen LogP contribution in [-0.2, 0) is 32.7 Å². The molecule has 0 bridgehead atoms. The summed E-state index contributed by atoms with van der Waals surface area (Å²) >= 11 is 0. The van der Waals surface area contributed by atoms with Gasteiger partial charge in [-0.15, -0.1) is 0 Å². The Balaban J connectivity index is 4.18. The normalized spacial score (nSPS) is 13.5. The second kappa shape index (κ2) is 44.5.